The van der Waals surface area contributed by atoms with Crippen molar-refractivity contribution in [3.63, 3.8) is 0 Å². The molecule has 0 saturated heterocycles. The Morgan fingerprint density at radius 3 is 2.68 bits per heavy atom. The van der Waals surface area contributed by atoms with Gasteiger partial charge in [0.1, 0.15) is 5.75 Å². The molecule has 1 amide bonds. The summed E-state index contributed by atoms with van der Waals surface area (Å²) in [6.45, 7) is 0.471. The standard InChI is InChI=1S/C16H18N2O3.ClH/c17-13(11-6-7-11)10-18-16(19)14-8-9-15(21-14)20-12-4-2-1-3-5-12;/h1-5,8-9,11,13H,6-7,10,17H2,(H,18,19);1H. The van der Waals surface area contributed by atoms with Crippen molar-refractivity contribution in [2.45, 2.75) is 18.9 Å². The molecule has 6 heteroatoms. The summed E-state index contributed by atoms with van der Waals surface area (Å²) in [5, 5.41) is 2.78. The summed E-state index contributed by atoms with van der Waals surface area (Å²) in [5.41, 5.74) is 5.94. The number of rotatable bonds is 6. The van der Waals surface area contributed by atoms with Crippen LogP contribution < -0.4 is 15.8 Å². The average molecular weight is 323 g/mol. The molecule has 5 nitrogen and oxygen atoms in total. The Labute approximate surface area is 135 Å². The molecule has 0 aliphatic heterocycles. The van der Waals surface area contributed by atoms with E-state index in [1.165, 1.54) is 0 Å². The molecule has 3 rings (SSSR count). The zero-order valence-corrected chi connectivity index (χ0v) is 12.8. The van der Waals surface area contributed by atoms with Crippen molar-refractivity contribution in [3.05, 3.63) is 48.2 Å². The van der Waals surface area contributed by atoms with E-state index in [-0.39, 0.29) is 36.1 Å². The lowest BCUT2D eigenvalue weighted by Crippen LogP contribution is -2.38. The Balaban J connectivity index is 0.00000176. The predicted molar refractivity (Wildman–Crippen MR) is 85.5 cm³/mol. The van der Waals surface area contributed by atoms with Gasteiger partial charge in [-0.25, -0.2) is 0 Å². The summed E-state index contributed by atoms with van der Waals surface area (Å²) in [6.07, 6.45) is 2.32. The Hall–Kier alpha value is -1.98. The van der Waals surface area contributed by atoms with E-state index < -0.39 is 0 Å². The number of carbonyl (C=O) groups is 1. The molecule has 1 aliphatic carbocycles. The highest BCUT2D eigenvalue weighted by molar-refractivity contribution is 5.91. The fourth-order valence-corrected chi connectivity index (χ4v) is 2.09. The fourth-order valence-electron chi connectivity index (χ4n) is 2.09. The van der Waals surface area contributed by atoms with E-state index in [9.17, 15) is 4.79 Å². The molecular formula is C16H19ClN2O3. The minimum absolute atomic E-state index is 0. The lowest BCUT2D eigenvalue weighted by atomic mass is 10.2. The molecule has 1 aromatic carbocycles. The summed E-state index contributed by atoms with van der Waals surface area (Å²) in [6, 6.07) is 12.5. The van der Waals surface area contributed by atoms with E-state index >= 15 is 0 Å². The first-order valence-electron chi connectivity index (χ1n) is 7.09. The van der Waals surface area contributed by atoms with Gasteiger partial charge in [-0.3, -0.25) is 4.79 Å². The van der Waals surface area contributed by atoms with Crippen molar-refractivity contribution in [1.82, 2.24) is 5.32 Å². The van der Waals surface area contributed by atoms with Crippen molar-refractivity contribution < 1.29 is 13.9 Å². The van der Waals surface area contributed by atoms with Crippen molar-refractivity contribution in [1.29, 1.82) is 0 Å². The van der Waals surface area contributed by atoms with Crippen LogP contribution in [0.25, 0.3) is 0 Å². The van der Waals surface area contributed by atoms with E-state index in [4.69, 9.17) is 14.9 Å². The van der Waals surface area contributed by atoms with Crippen molar-refractivity contribution in [2.75, 3.05) is 6.54 Å². The number of hydrogen-bond acceptors (Lipinski definition) is 4. The number of halogens is 1. The molecule has 1 aromatic heterocycles. The molecular weight excluding hydrogens is 304 g/mol. The maximum atomic E-state index is 11.9. The summed E-state index contributed by atoms with van der Waals surface area (Å²) >= 11 is 0. The number of nitrogens with one attached hydrogen (secondary N) is 1. The molecule has 0 spiro atoms. The quantitative estimate of drug-likeness (QED) is 0.857. The lowest BCUT2D eigenvalue weighted by molar-refractivity contribution is 0.0917. The number of hydrogen-bond donors (Lipinski definition) is 2. The highest BCUT2D eigenvalue weighted by atomic mass is 35.5. The van der Waals surface area contributed by atoms with E-state index in [1.54, 1.807) is 12.1 Å². The number of furan rings is 1. The molecule has 1 unspecified atom stereocenters. The number of carbonyl (C=O) groups excluding carboxylic acids is 1. The summed E-state index contributed by atoms with van der Waals surface area (Å²) in [4.78, 5) is 11.9. The number of para-hydroxylation sites is 1. The number of nitrogens with two attached hydrogens (primary N) is 1. The Morgan fingerprint density at radius 1 is 1.27 bits per heavy atom. The third-order valence-corrected chi connectivity index (χ3v) is 3.49. The van der Waals surface area contributed by atoms with Gasteiger partial charge in [0.15, 0.2) is 5.76 Å². The second kappa shape index (κ2) is 7.33. The van der Waals surface area contributed by atoms with Gasteiger partial charge in [-0.15, -0.1) is 12.4 Å². The zero-order chi connectivity index (χ0) is 14.7. The zero-order valence-electron chi connectivity index (χ0n) is 12.0. The molecule has 1 fully saturated rings. The summed E-state index contributed by atoms with van der Waals surface area (Å²) in [5.74, 6) is 1.46. The van der Waals surface area contributed by atoms with E-state index in [0.29, 0.717) is 18.2 Å². The third kappa shape index (κ3) is 4.26. The van der Waals surface area contributed by atoms with Gasteiger partial charge in [-0.05, 0) is 37.0 Å². The number of ether oxygens (including phenoxy) is 1. The van der Waals surface area contributed by atoms with Crippen LogP contribution >= 0.6 is 12.4 Å². The predicted octanol–water partition coefficient (Wildman–Crippen LogP) is 2.96. The van der Waals surface area contributed by atoms with Crippen LogP contribution in [-0.2, 0) is 0 Å². The highest BCUT2D eigenvalue weighted by Gasteiger charge is 2.28. The minimum Gasteiger partial charge on any atom is -0.426 e. The van der Waals surface area contributed by atoms with Crippen LogP contribution in [0.4, 0.5) is 0 Å². The molecule has 1 aliphatic rings. The van der Waals surface area contributed by atoms with Crippen LogP contribution in [0.2, 0.25) is 0 Å². The normalized spacial score (nSPS) is 14.8. The fraction of sp³-hybridized carbons (Fsp3) is 0.312. The van der Waals surface area contributed by atoms with Crippen LogP contribution in [0.1, 0.15) is 23.4 Å². The van der Waals surface area contributed by atoms with Gasteiger partial charge in [0.2, 0.25) is 0 Å². The highest BCUT2D eigenvalue weighted by Crippen LogP contribution is 2.31. The monoisotopic (exact) mass is 322 g/mol. The Kier molecular flexibility index (Phi) is 5.46. The molecule has 118 valence electrons. The smallest absolute Gasteiger partial charge is 0.290 e. The molecule has 3 N–H and O–H groups in total. The number of amides is 1. The van der Waals surface area contributed by atoms with E-state index in [0.717, 1.165) is 12.8 Å². The second-order valence-corrected chi connectivity index (χ2v) is 5.25. The van der Waals surface area contributed by atoms with E-state index in [2.05, 4.69) is 5.32 Å². The molecule has 2 aromatic rings. The Bertz CT molecular complexity index is 611. The van der Waals surface area contributed by atoms with Crippen LogP contribution in [0.5, 0.6) is 11.7 Å². The lowest BCUT2D eigenvalue weighted by Gasteiger charge is -2.10. The molecule has 1 saturated carbocycles. The van der Waals surface area contributed by atoms with Crippen LogP contribution in [0.3, 0.4) is 0 Å². The maximum Gasteiger partial charge on any atom is 0.290 e. The minimum atomic E-state index is -0.269. The molecule has 0 bridgehead atoms. The molecule has 0 radical (unpaired) electrons. The summed E-state index contributed by atoms with van der Waals surface area (Å²) < 4.78 is 10.9. The van der Waals surface area contributed by atoms with Gasteiger partial charge in [0.25, 0.3) is 11.9 Å². The van der Waals surface area contributed by atoms with Gasteiger partial charge in [-0.2, -0.15) is 0 Å². The molecule has 1 heterocycles. The summed E-state index contributed by atoms with van der Waals surface area (Å²) in [7, 11) is 0. The van der Waals surface area contributed by atoms with Gasteiger partial charge in [0.05, 0.1) is 0 Å². The third-order valence-electron chi connectivity index (χ3n) is 3.49. The van der Waals surface area contributed by atoms with Gasteiger partial charge in [0, 0.05) is 18.7 Å². The van der Waals surface area contributed by atoms with E-state index in [1.807, 2.05) is 30.3 Å². The first kappa shape index (κ1) is 16.4. The van der Waals surface area contributed by atoms with Crippen molar-refractivity contribution in [2.24, 2.45) is 11.7 Å². The van der Waals surface area contributed by atoms with Gasteiger partial charge in [-0.1, -0.05) is 18.2 Å². The Morgan fingerprint density at radius 2 is 2.00 bits per heavy atom. The maximum absolute atomic E-state index is 11.9. The SMILES string of the molecule is Cl.NC(CNC(=O)c1ccc(Oc2ccccc2)o1)C1CC1. The molecule has 1 atom stereocenters. The van der Waals surface area contributed by atoms with Crippen LogP contribution in [0.15, 0.2) is 46.9 Å². The topological polar surface area (TPSA) is 77.5 Å². The number of benzene rings is 1. The van der Waals surface area contributed by atoms with Crippen molar-refractivity contribution in [3.8, 4) is 11.7 Å². The van der Waals surface area contributed by atoms with Crippen LogP contribution in [-0.4, -0.2) is 18.5 Å². The first-order chi connectivity index (χ1) is 10.2. The van der Waals surface area contributed by atoms with Gasteiger partial charge < -0.3 is 20.2 Å². The van der Waals surface area contributed by atoms with Crippen molar-refractivity contribution >= 4 is 18.3 Å². The molecule has 22 heavy (non-hydrogen) atoms. The second-order valence-electron chi connectivity index (χ2n) is 5.25. The average Bonchev–Trinajstić information content (AvgIpc) is 3.26. The van der Waals surface area contributed by atoms with Crippen LogP contribution in [0, 0.1) is 5.92 Å². The van der Waals surface area contributed by atoms with Gasteiger partial charge >= 0.3 is 0 Å². The first-order valence-corrected chi connectivity index (χ1v) is 7.09. The largest absolute Gasteiger partial charge is 0.426 e.